The molecule has 4 nitrogen and oxygen atoms in total. The van der Waals surface area contributed by atoms with Crippen molar-refractivity contribution in [1.29, 1.82) is 0 Å². The molecule has 0 aliphatic carbocycles. The summed E-state index contributed by atoms with van der Waals surface area (Å²) in [6.07, 6.45) is -0.139. The van der Waals surface area contributed by atoms with E-state index >= 15 is 0 Å². The number of carbonyl (C=O) groups excluding carboxylic acids is 1. The zero-order chi connectivity index (χ0) is 17.1. The van der Waals surface area contributed by atoms with Crippen molar-refractivity contribution in [2.24, 2.45) is 0 Å². The summed E-state index contributed by atoms with van der Waals surface area (Å²) in [5.41, 5.74) is 2.67. The van der Waals surface area contributed by atoms with Gasteiger partial charge in [-0.2, -0.15) is 0 Å². The van der Waals surface area contributed by atoms with E-state index in [1.165, 1.54) is 24.3 Å². The van der Waals surface area contributed by atoms with Crippen LogP contribution in [0.5, 0.6) is 0 Å². The number of ether oxygens (including phenoxy) is 1. The molecule has 1 aliphatic heterocycles. The molecule has 0 radical (unpaired) electrons. The molecule has 1 unspecified atom stereocenters. The molecule has 5 heteroatoms. The molecule has 0 spiro atoms. The predicted octanol–water partition coefficient (Wildman–Crippen LogP) is 3.11. The van der Waals surface area contributed by atoms with Crippen LogP contribution in [0.25, 0.3) is 0 Å². The Morgan fingerprint density at radius 1 is 1.12 bits per heavy atom. The van der Waals surface area contributed by atoms with E-state index < -0.39 is 0 Å². The first kappa shape index (κ1) is 16.5. The second-order valence-corrected chi connectivity index (χ2v) is 6.10. The molecule has 1 atom stereocenters. The lowest BCUT2D eigenvalue weighted by Crippen LogP contribution is -2.42. The molecule has 1 heterocycles. The molecular formula is C19H21FN2O2. The summed E-state index contributed by atoms with van der Waals surface area (Å²) in [7, 11) is 3.99. The number of hydrogen-bond acceptors (Lipinski definition) is 3. The largest absolute Gasteiger partial charge is 0.378 e. The minimum atomic E-state index is -0.340. The molecule has 126 valence electrons. The lowest BCUT2D eigenvalue weighted by molar-refractivity contribution is -0.0228. The normalized spacial score (nSPS) is 17.6. The molecule has 1 saturated heterocycles. The maximum absolute atomic E-state index is 13.0. The minimum Gasteiger partial charge on any atom is -0.378 e. The average molecular weight is 328 g/mol. The Balaban J connectivity index is 1.71. The number of nitrogens with zero attached hydrogens (tertiary/aromatic N) is 2. The van der Waals surface area contributed by atoms with Gasteiger partial charge in [0, 0.05) is 31.9 Å². The Bertz CT molecular complexity index is 698. The van der Waals surface area contributed by atoms with Gasteiger partial charge in [-0.05, 0) is 42.0 Å². The number of carbonyl (C=O) groups is 1. The average Bonchev–Trinajstić information content (AvgIpc) is 2.62. The lowest BCUT2D eigenvalue weighted by atomic mass is 10.1. The number of hydrogen-bond donors (Lipinski definition) is 0. The van der Waals surface area contributed by atoms with Crippen molar-refractivity contribution in [3.05, 3.63) is 65.5 Å². The number of benzene rings is 2. The molecule has 24 heavy (non-hydrogen) atoms. The molecule has 1 amide bonds. The van der Waals surface area contributed by atoms with Gasteiger partial charge in [-0.3, -0.25) is 4.79 Å². The fourth-order valence-corrected chi connectivity index (χ4v) is 2.80. The van der Waals surface area contributed by atoms with Crippen LogP contribution >= 0.6 is 0 Å². The van der Waals surface area contributed by atoms with Crippen LogP contribution in [0.15, 0.2) is 48.5 Å². The minimum absolute atomic E-state index is 0.0896. The van der Waals surface area contributed by atoms with Gasteiger partial charge in [0.1, 0.15) is 11.9 Å². The van der Waals surface area contributed by atoms with Crippen LogP contribution in [0.1, 0.15) is 22.0 Å². The fraction of sp³-hybridized carbons (Fsp3) is 0.316. The fourth-order valence-electron chi connectivity index (χ4n) is 2.80. The van der Waals surface area contributed by atoms with E-state index in [4.69, 9.17) is 4.74 Å². The maximum atomic E-state index is 13.0. The molecule has 2 aromatic carbocycles. The first-order valence-electron chi connectivity index (χ1n) is 7.98. The quantitative estimate of drug-likeness (QED) is 0.868. The SMILES string of the molecule is CN(C)c1ccc(C2CN(C(=O)c3ccc(F)cc3)CCO2)cc1. The Hall–Kier alpha value is -2.40. The molecule has 0 N–H and O–H groups in total. The molecule has 1 aliphatic rings. The highest BCUT2D eigenvalue weighted by molar-refractivity contribution is 5.94. The summed E-state index contributed by atoms with van der Waals surface area (Å²) in [6, 6.07) is 13.8. The number of amides is 1. The van der Waals surface area contributed by atoms with Crippen LogP contribution in [0.3, 0.4) is 0 Å². The van der Waals surface area contributed by atoms with Crippen LogP contribution in [0.4, 0.5) is 10.1 Å². The summed E-state index contributed by atoms with van der Waals surface area (Å²) in [5.74, 6) is -0.430. The predicted molar refractivity (Wildman–Crippen MR) is 91.8 cm³/mol. The van der Waals surface area contributed by atoms with Crippen molar-refractivity contribution in [1.82, 2.24) is 4.90 Å². The third kappa shape index (κ3) is 3.57. The second kappa shape index (κ2) is 7.01. The molecule has 1 fully saturated rings. The first-order chi connectivity index (χ1) is 11.5. The molecule has 0 bridgehead atoms. The Morgan fingerprint density at radius 2 is 1.79 bits per heavy atom. The van der Waals surface area contributed by atoms with Gasteiger partial charge in [-0.25, -0.2) is 4.39 Å². The third-order valence-electron chi connectivity index (χ3n) is 4.23. The monoisotopic (exact) mass is 328 g/mol. The number of rotatable bonds is 3. The number of morpholine rings is 1. The standard InChI is InChI=1S/C19H21FN2O2/c1-21(2)17-9-5-14(6-10-17)18-13-22(11-12-24-18)19(23)15-3-7-16(20)8-4-15/h3-10,18H,11-13H2,1-2H3. The smallest absolute Gasteiger partial charge is 0.254 e. The number of anilines is 1. The van der Waals surface area contributed by atoms with Crippen molar-refractivity contribution in [2.45, 2.75) is 6.10 Å². The molecule has 2 aromatic rings. The first-order valence-corrected chi connectivity index (χ1v) is 7.98. The van der Waals surface area contributed by atoms with Gasteiger partial charge < -0.3 is 14.5 Å². The van der Waals surface area contributed by atoms with E-state index in [1.807, 2.05) is 43.3 Å². The van der Waals surface area contributed by atoms with Crippen LogP contribution in [-0.2, 0) is 4.74 Å². The van der Waals surface area contributed by atoms with E-state index in [2.05, 4.69) is 0 Å². The van der Waals surface area contributed by atoms with E-state index in [0.29, 0.717) is 25.3 Å². The van der Waals surface area contributed by atoms with Gasteiger partial charge in [-0.1, -0.05) is 12.1 Å². The van der Waals surface area contributed by atoms with Crippen LogP contribution in [-0.4, -0.2) is 44.6 Å². The van der Waals surface area contributed by atoms with E-state index in [9.17, 15) is 9.18 Å². The Morgan fingerprint density at radius 3 is 2.42 bits per heavy atom. The van der Waals surface area contributed by atoms with Crippen molar-refractivity contribution >= 4 is 11.6 Å². The number of halogens is 1. The summed E-state index contributed by atoms with van der Waals surface area (Å²) >= 11 is 0. The summed E-state index contributed by atoms with van der Waals surface area (Å²) in [6.45, 7) is 1.53. The van der Waals surface area contributed by atoms with Crippen LogP contribution in [0.2, 0.25) is 0 Å². The van der Waals surface area contributed by atoms with Gasteiger partial charge in [-0.15, -0.1) is 0 Å². The van der Waals surface area contributed by atoms with Gasteiger partial charge in [0.15, 0.2) is 0 Å². The van der Waals surface area contributed by atoms with Crippen molar-refractivity contribution in [3.63, 3.8) is 0 Å². The van der Waals surface area contributed by atoms with E-state index in [-0.39, 0.29) is 17.8 Å². The zero-order valence-electron chi connectivity index (χ0n) is 13.9. The van der Waals surface area contributed by atoms with Crippen molar-refractivity contribution in [3.8, 4) is 0 Å². The highest BCUT2D eigenvalue weighted by atomic mass is 19.1. The van der Waals surface area contributed by atoms with Crippen LogP contribution in [0, 0.1) is 5.82 Å². The highest BCUT2D eigenvalue weighted by Crippen LogP contribution is 2.25. The van der Waals surface area contributed by atoms with Gasteiger partial charge >= 0.3 is 0 Å². The summed E-state index contributed by atoms with van der Waals surface area (Å²) in [5, 5.41) is 0. The highest BCUT2D eigenvalue weighted by Gasteiger charge is 2.26. The molecule has 0 saturated carbocycles. The van der Waals surface area contributed by atoms with Gasteiger partial charge in [0.05, 0.1) is 13.2 Å². The topological polar surface area (TPSA) is 32.8 Å². The van der Waals surface area contributed by atoms with Gasteiger partial charge in [0.25, 0.3) is 5.91 Å². The lowest BCUT2D eigenvalue weighted by Gasteiger charge is -2.33. The second-order valence-electron chi connectivity index (χ2n) is 6.10. The summed E-state index contributed by atoms with van der Waals surface area (Å²) < 4.78 is 18.8. The molecular weight excluding hydrogens is 307 g/mol. The molecule has 0 aromatic heterocycles. The van der Waals surface area contributed by atoms with Crippen molar-refractivity contribution in [2.75, 3.05) is 38.7 Å². The molecule has 3 rings (SSSR count). The van der Waals surface area contributed by atoms with E-state index in [1.54, 1.807) is 4.90 Å². The Kier molecular flexibility index (Phi) is 4.81. The zero-order valence-corrected chi connectivity index (χ0v) is 13.9. The maximum Gasteiger partial charge on any atom is 0.254 e. The van der Waals surface area contributed by atoms with Gasteiger partial charge in [0.2, 0.25) is 0 Å². The van der Waals surface area contributed by atoms with Crippen LogP contribution < -0.4 is 4.90 Å². The van der Waals surface area contributed by atoms with Crippen molar-refractivity contribution < 1.29 is 13.9 Å². The summed E-state index contributed by atoms with van der Waals surface area (Å²) in [4.78, 5) is 16.4. The Labute approximate surface area is 141 Å². The van der Waals surface area contributed by atoms with E-state index in [0.717, 1.165) is 11.3 Å². The third-order valence-corrected chi connectivity index (χ3v) is 4.23.